The number of carbonyl (C=O) groups is 1. The first-order valence-corrected chi connectivity index (χ1v) is 7.41. The fourth-order valence-corrected chi connectivity index (χ4v) is 2.43. The van der Waals surface area contributed by atoms with E-state index >= 15 is 0 Å². The van der Waals surface area contributed by atoms with Crippen LogP contribution in [-0.4, -0.2) is 10.5 Å². The van der Waals surface area contributed by atoms with Crippen molar-refractivity contribution in [1.29, 1.82) is 0 Å². The molecule has 0 spiro atoms. The van der Waals surface area contributed by atoms with Crippen molar-refractivity contribution in [1.82, 2.24) is 4.57 Å². The van der Waals surface area contributed by atoms with Crippen LogP contribution >= 0.6 is 27.5 Å². The minimum absolute atomic E-state index is 0.00426. The zero-order chi connectivity index (χ0) is 15.6. The highest BCUT2D eigenvalue weighted by Crippen LogP contribution is 2.24. The molecule has 112 valence electrons. The van der Waals surface area contributed by atoms with Gasteiger partial charge in [0.1, 0.15) is 17.3 Å². The maximum Gasteiger partial charge on any atom is 0.272 e. The Balaban J connectivity index is 2.28. The first kappa shape index (κ1) is 16.0. The van der Waals surface area contributed by atoms with Gasteiger partial charge in [-0.05, 0) is 34.5 Å². The van der Waals surface area contributed by atoms with E-state index in [0.29, 0.717) is 17.3 Å². The van der Waals surface area contributed by atoms with Crippen LogP contribution < -0.4 is 5.32 Å². The van der Waals surface area contributed by atoms with Gasteiger partial charge in [0.2, 0.25) is 0 Å². The largest absolute Gasteiger partial charge is 0.342 e. The van der Waals surface area contributed by atoms with Crippen molar-refractivity contribution in [2.24, 2.45) is 0 Å². The van der Waals surface area contributed by atoms with Gasteiger partial charge in [0.25, 0.3) is 5.91 Å². The molecular weight excluding hydrogens is 366 g/mol. The molecule has 0 atom stereocenters. The molecule has 1 aromatic heterocycles. The Bertz CT molecular complexity index is 688. The van der Waals surface area contributed by atoms with E-state index in [4.69, 9.17) is 11.6 Å². The summed E-state index contributed by atoms with van der Waals surface area (Å²) in [6, 6.07) is 3.37. The summed E-state index contributed by atoms with van der Waals surface area (Å²) < 4.78 is 28.8. The lowest BCUT2D eigenvalue weighted by Gasteiger charge is -2.10. The van der Waals surface area contributed by atoms with Gasteiger partial charge in [-0.25, -0.2) is 8.78 Å². The molecule has 7 heteroatoms. The van der Waals surface area contributed by atoms with Crippen LogP contribution in [0.3, 0.4) is 0 Å². The Morgan fingerprint density at radius 2 is 2.05 bits per heavy atom. The maximum atomic E-state index is 13.7. The summed E-state index contributed by atoms with van der Waals surface area (Å²) in [6.45, 7) is 2.56. The molecule has 0 aliphatic heterocycles. The number of halogens is 4. The Hall–Kier alpha value is -1.40. The summed E-state index contributed by atoms with van der Waals surface area (Å²) in [4.78, 5) is 12.2. The number of amides is 1. The van der Waals surface area contributed by atoms with Gasteiger partial charge in [0.15, 0.2) is 0 Å². The smallest absolute Gasteiger partial charge is 0.272 e. The van der Waals surface area contributed by atoms with Crippen molar-refractivity contribution < 1.29 is 13.6 Å². The van der Waals surface area contributed by atoms with Crippen LogP contribution in [0.1, 0.15) is 23.8 Å². The lowest BCUT2D eigenvalue weighted by molar-refractivity contribution is 0.101. The number of hydrogen-bond acceptors (Lipinski definition) is 1. The molecule has 0 saturated carbocycles. The molecule has 0 aliphatic rings. The SMILES string of the molecule is CCCn1cc(Cl)cc1C(=O)Nc1cc(F)c(Br)cc1F. The van der Waals surface area contributed by atoms with Crippen LogP contribution in [0.2, 0.25) is 5.02 Å². The molecule has 0 bridgehead atoms. The topological polar surface area (TPSA) is 34.0 Å². The maximum absolute atomic E-state index is 13.7. The zero-order valence-corrected chi connectivity index (χ0v) is 13.4. The average molecular weight is 378 g/mol. The molecule has 0 saturated heterocycles. The second-order valence-electron chi connectivity index (χ2n) is 4.44. The quantitative estimate of drug-likeness (QED) is 0.760. The van der Waals surface area contributed by atoms with Crippen molar-refractivity contribution in [2.75, 3.05) is 5.32 Å². The Kier molecular flexibility index (Phi) is 5.00. The minimum Gasteiger partial charge on any atom is -0.342 e. The van der Waals surface area contributed by atoms with E-state index in [1.165, 1.54) is 6.07 Å². The Labute approximate surface area is 134 Å². The molecule has 1 aromatic carbocycles. The number of aromatic nitrogens is 1. The van der Waals surface area contributed by atoms with E-state index in [0.717, 1.165) is 18.6 Å². The fourth-order valence-electron chi connectivity index (χ4n) is 1.90. The highest BCUT2D eigenvalue weighted by molar-refractivity contribution is 9.10. The molecule has 2 rings (SSSR count). The molecule has 1 N–H and O–H groups in total. The van der Waals surface area contributed by atoms with Crippen LogP contribution in [0.15, 0.2) is 28.9 Å². The third-order valence-electron chi connectivity index (χ3n) is 2.82. The molecule has 0 aliphatic carbocycles. The molecule has 0 radical (unpaired) electrons. The summed E-state index contributed by atoms with van der Waals surface area (Å²) in [7, 11) is 0. The number of aryl methyl sites for hydroxylation is 1. The van der Waals surface area contributed by atoms with Crippen molar-refractivity contribution in [3.05, 3.63) is 51.2 Å². The van der Waals surface area contributed by atoms with Gasteiger partial charge in [-0.2, -0.15) is 0 Å². The third kappa shape index (κ3) is 3.63. The summed E-state index contributed by atoms with van der Waals surface area (Å²) in [5, 5.41) is 2.77. The van der Waals surface area contributed by atoms with Gasteiger partial charge in [-0.3, -0.25) is 4.79 Å². The van der Waals surface area contributed by atoms with Gasteiger partial charge < -0.3 is 9.88 Å². The number of benzene rings is 1. The monoisotopic (exact) mass is 376 g/mol. The average Bonchev–Trinajstić information content (AvgIpc) is 2.77. The van der Waals surface area contributed by atoms with E-state index < -0.39 is 17.5 Å². The first-order chi connectivity index (χ1) is 9.92. The summed E-state index contributed by atoms with van der Waals surface area (Å²) in [5.41, 5.74) is 0.0747. The summed E-state index contributed by atoms with van der Waals surface area (Å²) in [6.07, 6.45) is 2.44. The highest BCUT2D eigenvalue weighted by Gasteiger charge is 2.16. The predicted molar refractivity (Wildman–Crippen MR) is 81.7 cm³/mol. The van der Waals surface area contributed by atoms with Crippen molar-refractivity contribution >= 4 is 39.1 Å². The molecule has 21 heavy (non-hydrogen) atoms. The van der Waals surface area contributed by atoms with Crippen LogP contribution in [0.5, 0.6) is 0 Å². The second kappa shape index (κ2) is 6.58. The van der Waals surface area contributed by atoms with E-state index in [2.05, 4.69) is 21.2 Å². The number of anilines is 1. The fraction of sp³-hybridized carbons (Fsp3) is 0.214. The highest BCUT2D eigenvalue weighted by atomic mass is 79.9. The lowest BCUT2D eigenvalue weighted by Crippen LogP contribution is -2.17. The molecule has 1 heterocycles. The van der Waals surface area contributed by atoms with Crippen molar-refractivity contribution in [3.8, 4) is 0 Å². The van der Waals surface area contributed by atoms with Gasteiger partial charge in [-0.1, -0.05) is 18.5 Å². The number of nitrogens with zero attached hydrogens (tertiary/aromatic N) is 1. The summed E-state index contributed by atoms with van der Waals surface area (Å²) in [5.74, 6) is -1.93. The van der Waals surface area contributed by atoms with E-state index in [1.807, 2.05) is 6.92 Å². The van der Waals surface area contributed by atoms with E-state index in [-0.39, 0.29) is 10.2 Å². The van der Waals surface area contributed by atoms with Gasteiger partial charge in [0, 0.05) is 18.8 Å². The third-order valence-corrected chi connectivity index (χ3v) is 3.63. The predicted octanol–water partition coefficient (Wildman–Crippen LogP) is 4.84. The molecule has 1 amide bonds. The normalized spacial score (nSPS) is 10.7. The van der Waals surface area contributed by atoms with Crippen LogP contribution in [0.4, 0.5) is 14.5 Å². The number of carbonyl (C=O) groups excluding carboxylic acids is 1. The second-order valence-corrected chi connectivity index (χ2v) is 5.73. The lowest BCUT2D eigenvalue weighted by atomic mass is 10.2. The van der Waals surface area contributed by atoms with Crippen LogP contribution in [0.25, 0.3) is 0 Å². The van der Waals surface area contributed by atoms with Crippen molar-refractivity contribution in [2.45, 2.75) is 19.9 Å². The molecule has 0 fully saturated rings. The standard InChI is InChI=1S/C14H12BrClF2N2O/c1-2-3-20-7-8(16)4-13(20)14(21)19-12-6-10(17)9(15)5-11(12)18/h4-7H,2-3H2,1H3,(H,19,21). The zero-order valence-electron chi connectivity index (χ0n) is 11.1. The minimum atomic E-state index is -0.726. The number of nitrogens with one attached hydrogen (secondary N) is 1. The van der Waals surface area contributed by atoms with E-state index in [1.54, 1.807) is 10.8 Å². The molecule has 3 nitrogen and oxygen atoms in total. The summed E-state index contributed by atoms with van der Waals surface area (Å²) >= 11 is 8.76. The molecule has 0 unspecified atom stereocenters. The molecule has 2 aromatic rings. The van der Waals surface area contributed by atoms with Gasteiger partial charge >= 0.3 is 0 Å². The molecular formula is C14H12BrClF2N2O. The van der Waals surface area contributed by atoms with Gasteiger partial charge in [-0.15, -0.1) is 0 Å². The van der Waals surface area contributed by atoms with Gasteiger partial charge in [0.05, 0.1) is 15.2 Å². The first-order valence-electron chi connectivity index (χ1n) is 6.24. The number of rotatable bonds is 4. The Morgan fingerprint density at radius 1 is 1.33 bits per heavy atom. The Morgan fingerprint density at radius 3 is 2.71 bits per heavy atom. The van der Waals surface area contributed by atoms with Crippen LogP contribution in [-0.2, 0) is 6.54 Å². The van der Waals surface area contributed by atoms with E-state index in [9.17, 15) is 13.6 Å². The van der Waals surface area contributed by atoms with Crippen LogP contribution in [0, 0.1) is 11.6 Å². The number of hydrogen-bond donors (Lipinski definition) is 1. The van der Waals surface area contributed by atoms with Crippen molar-refractivity contribution in [3.63, 3.8) is 0 Å².